The molecule has 5 heteroatoms. The Labute approximate surface area is 98.2 Å². The van der Waals surface area contributed by atoms with Gasteiger partial charge in [0.25, 0.3) is 5.91 Å². The summed E-state index contributed by atoms with van der Waals surface area (Å²) in [5.74, 6) is -0.238. The minimum Gasteiger partial charge on any atom is -0.391 e. The highest BCUT2D eigenvalue weighted by Gasteiger charge is 2.50. The van der Waals surface area contributed by atoms with E-state index in [1.54, 1.807) is 24.3 Å². The fraction of sp³-hybridized carbons (Fsp3) is 0.333. The number of aliphatic hydroxyl groups excluding tert-OH is 1. The molecule has 3 rings (SSSR count). The van der Waals surface area contributed by atoms with Gasteiger partial charge < -0.3 is 10.0 Å². The summed E-state index contributed by atoms with van der Waals surface area (Å²) in [6.45, 7) is 0.249. The van der Waals surface area contributed by atoms with Crippen LogP contribution in [0.4, 0.5) is 10.5 Å². The molecule has 0 saturated carbocycles. The minimum absolute atomic E-state index is 0.238. The number of hydrogen-bond donors (Lipinski definition) is 1. The summed E-state index contributed by atoms with van der Waals surface area (Å²) in [6, 6.07) is 8.05. The van der Waals surface area contributed by atoms with E-state index in [-0.39, 0.29) is 18.5 Å². The first kappa shape index (κ1) is 10.3. The molecule has 0 radical (unpaired) electrons. The molecule has 2 aliphatic rings. The van der Waals surface area contributed by atoms with Crippen LogP contribution in [0.5, 0.6) is 0 Å². The number of amides is 3. The molecule has 0 spiro atoms. The molecule has 5 nitrogen and oxygen atoms in total. The molecule has 2 heterocycles. The van der Waals surface area contributed by atoms with Gasteiger partial charge in [0.2, 0.25) is 0 Å². The second-order valence-corrected chi connectivity index (χ2v) is 4.35. The first-order valence-corrected chi connectivity index (χ1v) is 5.56. The van der Waals surface area contributed by atoms with Crippen molar-refractivity contribution in [1.29, 1.82) is 0 Å². The lowest BCUT2D eigenvalue weighted by atomic mass is 10.2. The van der Waals surface area contributed by atoms with Crippen molar-refractivity contribution in [3.05, 3.63) is 30.3 Å². The number of rotatable bonds is 1. The van der Waals surface area contributed by atoms with Crippen molar-refractivity contribution in [2.45, 2.75) is 18.6 Å². The zero-order valence-electron chi connectivity index (χ0n) is 9.11. The third kappa shape index (κ3) is 1.43. The number of urea groups is 1. The third-order valence-electron chi connectivity index (χ3n) is 3.24. The average molecular weight is 232 g/mol. The highest BCUT2D eigenvalue weighted by atomic mass is 16.3. The number of anilines is 1. The number of nitrogens with zero attached hydrogens (tertiary/aromatic N) is 2. The van der Waals surface area contributed by atoms with Gasteiger partial charge in [-0.3, -0.25) is 4.79 Å². The molecule has 2 aliphatic heterocycles. The van der Waals surface area contributed by atoms with Crippen LogP contribution in [0.25, 0.3) is 0 Å². The lowest BCUT2D eigenvalue weighted by molar-refractivity contribution is -0.119. The van der Waals surface area contributed by atoms with Crippen molar-refractivity contribution in [2.24, 2.45) is 0 Å². The van der Waals surface area contributed by atoms with E-state index < -0.39 is 12.1 Å². The van der Waals surface area contributed by atoms with Gasteiger partial charge in [0.05, 0.1) is 11.8 Å². The maximum Gasteiger partial charge on any atom is 0.332 e. The number of carbonyl (C=O) groups is 2. The van der Waals surface area contributed by atoms with Gasteiger partial charge in [-0.2, -0.15) is 0 Å². The van der Waals surface area contributed by atoms with Crippen LogP contribution in [0.3, 0.4) is 0 Å². The molecule has 0 aromatic heterocycles. The van der Waals surface area contributed by atoms with E-state index >= 15 is 0 Å². The molecule has 0 bridgehead atoms. The van der Waals surface area contributed by atoms with Crippen LogP contribution in [0, 0.1) is 0 Å². The van der Waals surface area contributed by atoms with Crippen LogP contribution in [-0.2, 0) is 4.79 Å². The Bertz CT molecular complexity index is 450. The van der Waals surface area contributed by atoms with Crippen molar-refractivity contribution in [1.82, 2.24) is 4.90 Å². The van der Waals surface area contributed by atoms with Crippen molar-refractivity contribution in [2.75, 3.05) is 11.4 Å². The maximum absolute atomic E-state index is 12.1. The van der Waals surface area contributed by atoms with Crippen LogP contribution in [0.1, 0.15) is 6.42 Å². The van der Waals surface area contributed by atoms with E-state index in [0.29, 0.717) is 12.1 Å². The molecule has 1 aromatic carbocycles. The van der Waals surface area contributed by atoms with Crippen molar-refractivity contribution in [3.8, 4) is 0 Å². The summed E-state index contributed by atoms with van der Waals surface area (Å²) in [7, 11) is 0. The topological polar surface area (TPSA) is 60.9 Å². The molecule has 2 saturated heterocycles. The van der Waals surface area contributed by atoms with E-state index in [1.807, 2.05) is 6.07 Å². The third-order valence-corrected chi connectivity index (χ3v) is 3.24. The van der Waals surface area contributed by atoms with E-state index in [2.05, 4.69) is 0 Å². The van der Waals surface area contributed by atoms with E-state index in [1.165, 1.54) is 9.80 Å². The number of benzene rings is 1. The number of para-hydroxylation sites is 1. The Hall–Kier alpha value is -1.88. The van der Waals surface area contributed by atoms with Gasteiger partial charge in [0.1, 0.15) is 6.04 Å². The summed E-state index contributed by atoms with van der Waals surface area (Å²) in [6.07, 6.45) is -0.237. The van der Waals surface area contributed by atoms with Crippen LogP contribution >= 0.6 is 0 Å². The zero-order chi connectivity index (χ0) is 12.0. The first-order valence-electron chi connectivity index (χ1n) is 5.56. The molecule has 1 N–H and O–H groups in total. The van der Waals surface area contributed by atoms with Crippen molar-refractivity contribution < 1.29 is 14.7 Å². The summed E-state index contributed by atoms with van der Waals surface area (Å²) in [4.78, 5) is 26.8. The van der Waals surface area contributed by atoms with Gasteiger partial charge in [0.15, 0.2) is 0 Å². The lowest BCUT2D eigenvalue weighted by Crippen LogP contribution is -2.34. The first-order chi connectivity index (χ1) is 8.18. The molecule has 1 aromatic rings. The number of hydrogen-bond acceptors (Lipinski definition) is 3. The van der Waals surface area contributed by atoms with Crippen LogP contribution < -0.4 is 4.90 Å². The molecule has 0 unspecified atom stereocenters. The number of aliphatic hydroxyl groups is 1. The summed E-state index contributed by atoms with van der Waals surface area (Å²) in [5.41, 5.74) is 0.589. The number of fused-ring (bicyclic) bond motifs is 1. The zero-order valence-corrected chi connectivity index (χ0v) is 9.11. The van der Waals surface area contributed by atoms with Gasteiger partial charge in [-0.05, 0) is 12.1 Å². The van der Waals surface area contributed by atoms with E-state index in [4.69, 9.17) is 0 Å². The second kappa shape index (κ2) is 3.56. The molecule has 3 amide bonds. The summed E-state index contributed by atoms with van der Waals surface area (Å²) < 4.78 is 0. The molecule has 2 fully saturated rings. The fourth-order valence-electron chi connectivity index (χ4n) is 2.45. The van der Waals surface area contributed by atoms with Crippen molar-refractivity contribution >= 4 is 17.6 Å². The molecule has 2 atom stereocenters. The molecule has 0 aliphatic carbocycles. The Morgan fingerprint density at radius 2 is 1.88 bits per heavy atom. The van der Waals surface area contributed by atoms with Gasteiger partial charge in [-0.25, -0.2) is 9.69 Å². The van der Waals surface area contributed by atoms with Gasteiger partial charge >= 0.3 is 6.03 Å². The van der Waals surface area contributed by atoms with Crippen LogP contribution in [0.2, 0.25) is 0 Å². The predicted octanol–water partition coefficient (Wildman–Crippen LogP) is 0.588. The highest BCUT2D eigenvalue weighted by Crippen LogP contribution is 2.31. The lowest BCUT2D eigenvalue weighted by Gasteiger charge is -2.16. The van der Waals surface area contributed by atoms with E-state index in [0.717, 1.165) is 0 Å². The highest BCUT2D eigenvalue weighted by molar-refractivity contribution is 6.21. The fourth-order valence-corrected chi connectivity index (χ4v) is 2.45. The van der Waals surface area contributed by atoms with Crippen molar-refractivity contribution in [3.63, 3.8) is 0 Å². The molecular weight excluding hydrogens is 220 g/mol. The maximum atomic E-state index is 12.1. The Morgan fingerprint density at radius 3 is 2.53 bits per heavy atom. The second-order valence-electron chi connectivity index (χ2n) is 4.35. The quantitative estimate of drug-likeness (QED) is 0.721. The van der Waals surface area contributed by atoms with Crippen LogP contribution in [-0.4, -0.2) is 40.6 Å². The van der Waals surface area contributed by atoms with Gasteiger partial charge in [-0.1, -0.05) is 18.2 Å². The SMILES string of the molecule is O=C1[C@@H]2C[C@@H](O)CN2C(=O)N1c1ccccc1. The smallest absolute Gasteiger partial charge is 0.332 e. The monoisotopic (exact) mass is 232 g/mol. The Morgan fingerprint density at radius 1 is 1.18 bits per heavy atom. The summed E-state index contributed by atoms with van der Waals surface area (Å²) in [5, 5.41) is 9.46. The minimum atomic E-state index is -0.578. The largest absolute Gasteiger partial charge is 0.391 e. The molecule has 17 heavy (non-hydrogen) atoms. The number of imide groups is 1. The average Bonchev–Trinajstić information content (AvgIpc) is 2.81. The number of carbonyl (C=O) groups excluding carboxylic acids is 2. The normalized spacial score (nSPS) is 27.8. The standard InChI is InChI=1S/C12H12N2O3/c15-9-6-10-11(16)14(12(17)13(10)7-9)8-4-2-1-3-5-8/h1-5,9-10,15H,6-7H2/t9-,10+/m1/s1. The van der Waals surface area contributed by atoms with Crippen LogP contribution in [0.15, 0.2) is 30.3 Å². The molecule has 88 valence electrons. The summed E-state index contributed by atoms with van der Waals surface area (Å²) >= 11 is 0. The predicted molar refractivity (Wildman–Crippen MR) is 60.4 cm³/mol. The molecular formula is C12H12N2O3. The Balaban J connectivity index is 1.95. The van der Waals surface area contributed by atoms with Gasteiger partial charge in [0, 0.05) is 13.0 Å². The Kier molecular flexibility index (Phi) is 2.16. The van der Waals surface area contributed by atoms with Gasteiger partial charge in [-0.15, -0.1) is 0 Å². The van der Waals surface area contributed by atoms with E-state index in [9.17, 15) is 14.7 Å².